The van der Waals surface area contributed by atoms with Crippen LogP contribution in [0.15, 0.2) is 0 Å². The van der Waals surface area contributed by atoms with Crippen molar-refractivity contribution in [1.29, 1.82) is 0 Å². The van der Waals surface area contributed by atoms with E-state index in [9.17, 15) is 9.59 Å². The van der Waals surface area contributed by atoms with Gasteiger partial charge in [0.2, 0.25) is 0 Å². The third kappa shape index (κ3) is 7.40. The number of carbonyl (C=O) groups excluding carboxylic acids is 2. The van der Waals surface area contributed by atoms with E-state index in [0.717, 1.165) is 6.42 Å². The van der Waals surface area contributed by atoms with Crippen molar-refractivity contribution < 1.29 is 23.8 Å². The van der Waals surface area contributed by atoms with Crippen LogP contribution in [0.25, 0.3) is 0 Å². The van der Waals surface area contributed by atoms with Gasteiger partial charge in [-0.25, -0.2) is 0 Å². The van der Waals surface area contributed by atoms with Crippen LogP contribution in [0.1, 0.15) is 33.1 Å². The molecule has 0 aromatic carbocycles. The third-order valence-corrected chi connectivity index (χ3v) is 2.46. The first kappa shape index (κ1) is 17.1. The molecule has 0 aliphatic rings. The second kappa shape index (κ2) is 11.2. The van der Waals surface area contributed by atoms with Crippen LogP contribution in [0.5, 0.6) is 0 Å². The molecule has 0 saturated heterocycles. The fraction of sp³-hybridized carbons (Fsp3) is 0.846. The Labute approximate surface area is 109 Å². The maximum Gasteiger partial charge on any atom is 0.316 e. The number of carbonyl (C=O) groups is 2. The number of ketones is 1. The van der Waals surface area contributed by atoms with Crippen molar-refractivity contribution in [3.63, 3.8) is 0 Å². The zero-order chi connectivity index (χ0) is 13.8. The van der Waals surface area contributed by atoms with Crippen molar-refractivity contribution >= 4 is 11.8 Å². The van der Waals surface area contributed by atoms with Crippen LogP contribution < -0.4 is 0 Å². The summed E-state index contributed by atoms with van der Waals surface area (Å²) >= 11 is 0. The lowest BCUT2D eigenvalue weighted by Crippen LogP contribution is -2.27. The van der Waals surface area contributed by atoms with Crippen molar-refractivity contribution in [2.75, 3.05) is 33.5 Å². The predicted molar refractivity (Wildman–Crippen MR) is 67.4 cm³/mol. The minimum absolute atomic E-state index is 0.104. The molecule has 0 aromatic heterocycles. The minimum atomic E-state index is -0.638. The summed E-state index contributed by atoms with van der Waals surface area (Å²) in [5, 5.41) is 0. The van der Waals surface area contributed by atoms with E-state index in [-0.39, 0.29) is 12.2 Å². The van der Waals surface area contributed by atoms with Crippen molar-refractivity contribution in [2.45, 2.75) is 33.1 Å². The average molecular weight is 260 g/mol. The first-order valence-corrected chi connectivity index (χ1v) is 6.43. The molecule has 0 amide bonds. The molecule has 0 spiro atoms. The van der Waals surface area contributed by atoms with Gasteiger partial charge >= 0.3 is 5.97 Å². The summed E-state index contributed by atoms with van der Waals surface area (Å²) in [4.78, 5) is 23.5. The fourth-order valence-electron chi connectivity index (χ4n) is 1.53. The molecule has 0 radical (unpaired) electrons. The van der Waals surface area contributed by atoms with Gasteiger partial charge in [-0.1, -0.05) is 13.3 Å². The summed E-state index contributed by atoms with van der Waals surface area (Å²) in [6.07, 6.45) is 1.56. The van der Waals surface area contributed by atoms with Gasteiger partial charge in [0.15, 0.2) is 0 Å². The minimum Gasteiger partial charge on any atom is -0.465 e. The summed E-state index contributed by atoms with van der Waals surface area (Å²) < 4.78 is 14.9. The Balaban J connectivity index is 4.02. The van der Waals surface area contributed by atoms with Gasteiger partial charge in [0.05, 0.1) is 26.4 Å². The van der Waals surface area contributed by atoms with E-state index < -0.39 is 11.9 Å². The maximum atomic E-state index is 11.9. The highest BCUT2D eigenvalue weighted by Gasteiger charge is 2.26. The summed E-state index contributed by atoms with van der Waals surface area (Å²) in [6.45, 7) is 5.26. The number of hydrogen-bond acceptors (Lipinski definition) is 5. The molecule has 0 bridgehead atoms. The number of Topliss-reactive ketones (excluding diaryl/α,β-unsaturated/α-hetero) is 1. The van der Waals surface area contributed by atoms with Gasteiger partial charge in [-0.2, -0.15) is 0 Å². The van der Waals surface area contributed by atoms with Gasteiger partial charge in [-0.3, -0.25) is 9.59 Å². The molecule has 0 aromatic rings. The molecule has 0 heterocycles. The number of esters is 1. The first-order valence-electron chi connectivity index (χ1n) is 6.43. The first-order chi connectivity index (χ1) is 8.67. The Hall–Kier alpha value is -0.940. The quantitative estimate of drug-likeness (QED) is 0.321. The van der Waals surface area contributed by atoms with Gasteiger partial charge in [0, 0.05) is 13.5 Å². The van der Waals surface area contributed by atoms with Crippen LogP contribution in [0, 0.1) is 5.92 Å². The van der Waals surface area contributed by atoms with Gasteiger partial charge in [0.1, 0.15) is 11.7 Å². The van der Waals surface area contributed by atoms with Crippen molar-refractivity contribution in [1.82, 2.24) is 0 Å². The van der Waals surface area contributed by atoms with E-state index in [1.54, 1.807) is 14.0 Å². The van der Waals surface area contributed by atoms with Gasteiger partial charge in [0.25, 0.3) is 0 Å². The molecule has 0 fully saturated rings. The summed E-state index contributed by atoms with van der Waals surface area (Å²) in [5.74, 6) is -1.16. The fourth-order valence-corrected chi connectivity index (χ4v) is 1.53. The monoisotopic (exact) mass is 260 g/mol. The molecule has 1 atom stereocenters. The average Bonchev–Trinajstić information content (AvgIpc) is 2.35. The van der Waals surface area contributed by atoms with Crippen LogP contribution in [-0.4, -0.2) is 45.3 Å². The Morgan fingerprint density at radius 3 is 2.39 bits per heavy atom. The third-order valence-electron chi connectivity index (χ3n) is 2.46. The summed E-state index contributed by atoms with van der Waals surface area (Å²) in [7, 11) is 1.59. The molecular weight excluding hydrogens is 236 g/mol. The maximum absolute atomic E-state index is 11.9. The van der Waals surface area contributed by atoms with Crippen LogP contribution in [0.4, 0.5) is 0 Å². The van der Waals surface area contributed by atoms with Gasteiger partial charge in [-0.15, -0.1) is 0 Å². The molecule has 0 rings (SSSR count). The van der Waals surface area contributed by atoms with Gasteiger partial charge < -0.3 is 14.2 Å². The summed E-state index contributed by atoms with van der Waals surface area (Å²) in [6, 6.07) is 0. The normalized spacial score (nSPS) is 12.2. The Kier molecular flexibility index (Phi) is 10.6. The van der Waals surface area contributed by atoms with Crippen molar-refractivity contribution in [3.8, 4) is 0 Å². The van der Waals surface area contributed by atoms with Crippen molar-refractivity contribution in [3.05, 3.63) is 0 Å². The van der Waals surface area contributed by atoms with Crippen molar-refractivity contribution in [2.24, 2.45) is 5.92 Å². The summed E-state index contributed by atoms with van der Waals surface area (Å²) in [5.41, 5.74) is 0. The van der Waals surface area contributed by atoms with Crippen LogP contribution in [-0.2, 0) is 23.8 Å². The molecular formula is C13H24O5. The lowest BCUT2D eigenvalue weighted by Gasteiger charge is -2.13. The Bertz CT molecular complexity index is 240. The molecule has 5 heteroatoms. The Morgan fingerprint density at radius 1 is 1.11 bits per heavy atom. The number of ether oxygens (including phenoxy) is 3. The van der Waals surface area contributed by atoms with Crippen LogP contribution >= 0.6 is 0 Å². The van der Waals surface area contributed by atoms with E-state index in [1.165, 1.54) is 0 Å². The van der Waals surface area contributed by atoms with E-state index in [1.807, 2.05) is 6.92 Å². The molecule has 18 heavy (non-hydrogen) atoms. The zero-order valence-corrected chi connectivity index (χ0v) is 11.6. The number of methoxy groups -OCH3 is 1. The topological polar surface area (TPSA) is 61.8 Å². The molecule has 0 aliphatic carbocycles. The second-order valence-electron chi connectivity index (χ2n) is 3.91. The highest BCUT2D eigenvalue weighted by Crippen LogP contribution is 2.12. The molecule has 1 unspecified atom stereocenters. The molecule has 5 nitrogen and oxygen atoms in total. The zero-order valence-electron chi connectivity index (χ0n) is 11.6. The molecule has 106 valence electrons. The molecule has 0 N–H and O–H groups in total. The number of rotatable bonds is 11. The van der Waals surface area contributed by atoms with E-state index >= 15 is 0 Å². The van der Waals surface area contributed by atoms with E-state index in [0.29, 0.717) is 32.8 Å². The number of hydrogen-bond donors (Lipinski definition) is 0. The van der Waals surface area contributed by atoms with E-state index in [2.05, 4.69) is 0 Å². The highest BCUT2D eigenvalue weighted by molar-refractivity contribution is 5.98. The lowest BCUT2D eigenvalue weighted by molar-refractivity contribution is -0.152. The Morgan fingerprint density at radius 2 is 1.83 bits per heavy atom. The lowest BCUT2D eigenvalue weighted by atomic mass is 9.97. The van der Waals surface area contributed by atoms with Gasteiger partial charge in [-0.05, 0) is 13.3 Å². The smallest absolute Gasteiger partial charge is 0.316 e. The largest absolute Gasteiger partial charge is 0.465 e. The highest BCUT2D eigenvalue weighted by atomic mass is 16.5. The second-order valence-corrected chi connectivity index (χ2v) is 3.91. The molecule has 0 saturated carbocycles. The van der Waals surface area contributed by atoms with Crippen LogP contribution in [0.3, 0.4) is 0 Å². The predicted octanol–water partition coefficient (Wildman–Crippen LogP) is 1.59. The van der Waals surface area contributed by atoms with Crippen LogP contribution in [0.2, 0.25) is 0 Å². The standard InChI is InChI=1S/C13H24O5/c1-4-6-11(13(15)18-5-2)12(14)7-8-17-10-9-16-3/h11H,4-10H2,1-3H3. The van der Waals surface area contributed by atoms with E-state index in [4.69, 9.17) is 14.2 Å². The SMILES string of the molecule is CCCC(C(=O)CCOCCOC)C(=O)OCC. The molecule has 0 aliphatic heterocycles.